The molecule has 0 radical (unpaired) electrons. The van der Waals surface area contributed by atoms with E-state index in [9.17, 15) is 14.0 Å². The van der Waals surface area contributed by atoms with Crippen LogP contribution in [0.15, 0.2) is 29.4 Å². The third-order valence-corrected chi connectivity index (χ3v) is 4.94. The summed E-state index contributed by atoms with van der Waals surface area (Å²) in [6.45, 7) is 1.76. The van der Waals surface area contributed by atoms with E-state index in [1.54, 1.807) is 0 Å². The number of benzene rings is 1. The zero-order chi connectivity index (χ0) is 20.4. The third kappa shape index (κ3) is 4.03. The van der Waals surface area contributed by atoms with Gasteiger partial charge in [0.15, 0.2) is 0 Å². The number of piperidine rings is 1. The average Bonchev–Trinajstić information content (AvgIpc) is 3.37. The number of hydrogen-bond donors (Lipinski definition) is 3. The fourth-order valence-electron chi connectivity index (χ4n) is 3.42. The molecule has 1 unspecified atom stereocenters. The molecule has 2 amide bonds. The minimum absolute atomic E-state index is 0.0334. The first-order valence-corrected chi connectivity index (χ1v) is 9.41. The van der Waals surface area contributed by atoms with Crippen molar-refractivity contribution in [3.63, 3.8) is 0 Å². The van der Waals surface area contributed by atoms with Gasteiger partial charge in [0.05, 0.1) is 5.69 Å². The zero-order valence-electron chi connectivity index (χ0n) is 15.6. The average molecular weight is 400 g/mol. The highest BCUT2D eigenvalue weighted by Crippen LogP contribution is 2.25. The molecule has 4 N–H and O–H groups in total. The highest BCUT2D eigenvalue weighted by Gasteiger charge is 2.35. The van der Waals surface area contributed by atoms with Crippen LogP contribution in [0.4, 0.5) is 22.0 Å². The van der Waals surface area contributed by atoms with Crippen molar-refractivity contribution in [2.45, 2.75) is 31.7 Å². The Labute approximate surface area is 166 Å². The van der Waals surface area contributed by atoms with E-state index >= 15 is 0 Å². The molecule has 11 heteroatoms. The van der Waals surface area contributed by atoms with Gasteiger partial charge in [-0.2, -0.15) is 10.1 Å². The number of amides is 2. The van der Waals surface area contributed by atoms with Crippen LogP contribution in [0.3, 0.4) is 0 Å². The van der Waals surface area contributed by atoms with Crippen molar-refractivity contribution < 1.29 is 14.0 Å². The molecule has 1 aromatic heterocycles. The minimum atomic E-state index is -0.833. The summed E-state index contributed by atoms with van der Waals surface area (Å²) in [6.07, 6.45) is 3.39. The molecule has 0 spiro atoms. The van der Waals surface area contributed by atoms with Gasteiger partial charge in [-0.1, -0.05) is 0 Å². The van der Waals surface area contributed by atoms with E-state index in [1.807, 2.05) is 0 Å². The highest BCUT2D eigenvalue weighted by atomic mass is 19.1. The van der Waals surface area contributed by atoms with Crippen molar-refractivity contribution in [3.05, 3.63) is 30.1 Å². The molecule has 0 bridgehead atoms. The summed E-state index contributed by atoms with van der Waals surface area (Å²) in [5.41, 5.74) is 6.04. The summed E-state index contributed by atoms with van der Waals surface area (Å²) in [5, 5.41) is 15.0. The Hall–Kier alpha value is -3.50. The van der Waals surface area contributed by atoms with E-state index in [2.05, 4.69) is 30.5 Å². The normalized spacial score (nSPS) is 19.2. The van der Waals surface area contributed by atoms with Gasteiger partial charge in [0, 0.05) is 19.5 Å². The number of rotatable bonds is 5. The summed E-state index contributed by atoms with van der Waals surface area (Å²) in [5.74, 6) is -0.819. The zero-order valence-corrected chi connectivity index (χ0v) is 15.6. The van der Waals surface area contributed by atoms with Gasteiger partial charge in [-0.3, -0.25) is 19.9 Å². The number of aromatic nitrogens is 3. The molecule has 4 rings (SSSR count). The number of anilines is 3. The van der Waals surface area contributed by atoms with Crippen molar-refractivity contribution in [3.8, 4) is 0 Å². The predicted octanol–water partition coefficient (Wildman–Crippen LogP) is 0.993. The minimum Gasteiger partial charge on any atom is -0.368 e. The van der Waals surface area contributed by atoms with E-state index in [0.717, 1.165) is 25.9 Å². The number of carbonyl (C=O) groups is 2. The summed E-state index contributed by atoms with van der Waals surface area (Å²) in [6, 6.07) is 4.60. The second-order valence-electron chi connectivity index (χ2n) is 6.98. The van der Waals surface area contributed by atoms with Gasteiger partial charge >= 0.3 is 0 Å². The van der Waals surface area contributed by atoms with Gasteiger partial charge in [0.25, 0.3) is 5.91 Å². The molecule has 1 atom stereocenters. The molecule has 3 heterocycles. The Balaban J connectivity index is 1.48. The van der Waals surface area contributed by atoms with Crippen LogP contribution in [0.25, 0.3) is 0 Å². The van der Waals surface area contributed by atoms with Crippen LogP contribution in [0.2, 0.25) is 0 Å². The monoisotopic (exact) mass is 400 g/mol. The lowest BCUT2D eigenvalue weighted by Gasteiger charge is -2.24. The summed E-state index contributed by atoms with van der Waals surface area (Å²) >= 11 is 0. The maximum Gasteiger partial charge on any atom is 0.274 e. The molecule has 2 aliphatic rings. The highest BCUT2D eigenvalue weighted by molar-refractivity contribution is 6.44. The molecule has 0 aliphatic carbocycles. The number of primary amides is 1. The number of nitrogens with zero attached hydrogens (tertiary/aromatic N) is 5. The first-order chi connectivity index (χ1) is 14.0. The number of halogens is 1. The van der Waals surface area contributed by atoms with Crippen molar-refractivity contribution in [1.29, 1.82) is 0 Å². The van der Waals surface area contributed by atoms with E-state index in [-0.39, 0.29) is 18.1 Å². The Bertz CT molecular complexity index is 936. The maximum absolute atomic E-state index is 13.2. The fourth-order valence-corrected chi connectivity index (χ4v) is 3.42. The molecular formula is C18H21FN8O2. The van der Waals surface area contributed by atoms with Crippen molar-refractivity contribution in [2.24, 2.45) is 10.8 Å². The van der Waals surface area contributed by atoms with Crippen LogP contribution in [0.1, 0.15) is 25.7 Å². The van der Waals surface area contributed by atoms with Gasteiger partial charge < -0.3 is 10.6 Å². The number of hydrazone groups is 1. The molecule has 1 fully saturated rings. The molecule has 0 saturated carbocycles. The van der Waals surface area contributed by atoms with E-state index in [1.165, 1.54) is 35.7 Å². The van der Waals surface area contributed by atoms with Crippen LogP contribution in [0.5, 0.6) is 0 Å². The van der Waals surface area contributed by atoms with Gasteiger partial charge in [0.1, 0.15) is 17.6 Å². The quantitative estimate of drug-likeness (QED) is 0.686. The van der Waals surface area contributed by atoms with Gasteiger partial charge in [-0.05, 0) is 43.5 Å². The smallest absolute Gasteiger partial charge is 0.274 e. The van der Waals surface area contributed by atoms with Crippen LogP contribution in [0, 0.1) is 5.82 Å². The molecule has 2 aromatic rings. The number of nitrogens with one attached hydrogen (secondary N) is 2. The molecule has 10 nitrogen and oxygen atoms in total. The first kappa shape index (κ1) is 18.8. The Morgan fingerprint density at radius 1 is 1.17 bits per heavy atom. The van der Waals surface area contributed by atoms with Crippen LogP contribution < -0.4 is 21.0 Å². The van der Waals surface area contributed by atoms with Gasteiger partial charge in [0.2, 0.25) is 17.8 Å². The molecule has 152 valence electrons. The van der Waals surface area contributed by atoms with E-state index in [0.29, 0.717) is 11.6 Å². The second kappa shape index (κ2) is 7.86. The number of hydrogen-bond acceptors (Lipinski definition) is 7. The van der Waals surface area contributed by atoms with E-state index < -0.39 is 23.7 Å². The Kier molecular flexibility index (Phi) is 5.10. The lowest BCUT2D eigenvalue weighted by molar-refractivity contribution is -0.119. The lowest BCUT2D eigenvalue weighted by Crippen LogP contribution is -2.39. The largest absolute Gasteiger partial charge is 0.368 e. The SMILES string of the molecule is NC(=O)C1CC(C(=O)Nc2nc(N3CCCCC3)n[nH]2)=NN1c1ccc(F)cc1. The lowest BCUT2D eigenvalue weighted by atomic mass is 10.1. The molecule has 1 aromatic carbocycles. The van der Waals surface area contributed by atoms with E-state index in [4.69, 9.17) is 5.73 Å². The van der Waals surface area contributed by atoms with Gasteiger partial charge in [-0.15, -0.1) is 5.10 Å². The standard InChI is InChI=1S/C18H21FN8O2/c19-11-4-6-12(7-5-11)27-14(15(20)28)10-13(25-27)16(29)21-17-22-18(24-23-17)26-8-2-1-3-9-26/h4-7,14H,1-3,8-10H2,(H2,20,28)(H2,21,22,23,24,29). The Morgan fingerprint density at radius 2 is 1.90 bits per heavy atom. The number of carbonyl (C=O) groups excluding carboxylic acids is 2. The molecule has 2 aliphatic heterocycles. The predicted molar refractivity (Wildman–Crippen MR) is 105 cm³/mol. The number of nitrogens with two attached hydrogens (primary N) is 1. The number of aromatic amines is 1. The van der Waals surface area contributed by atoms with Crippen molar-refractivity contribution >= 4 is 35.1 Å². The van der Waals surface area contributed by atoms with Crippen LogP contribution in [-0.2, 0) is 9.59 Å². The summed E-state index contributed by atoms with van der Waals surface area (Å²) < 4.78 is 13.2. The number of H-pyrrole nitrogens is 1. The first-order valence-electron chi connectivity index (χ1n) is 9.41. The third-order valence-electron chi connectivity index (χ3n) is 4.94. The maximum atomic E-state index is 13.2. The van der Waals surface area contributed by atoms with Crippen molar-refractivity contribution in [1.82, 2.24) is 15.2 Å². The van der Waals surface area contributed by atoms with Crippen LogP contribution >= 0.6 is 0 Å². The van der Waals surface area contributed by atoms with Crippen LogP contribution in [-0.4, -0.2) is 51.8 Å². The Morgan fingerprint density at radius 3 is 2.59 bits per heavy atom. The molecule has 1 saturated heterocycles. The fraction of sp³-hybridized carbons (Fsp3) is 0.389. The second-order valence-corrected chi connectivity index (χ2v) is 6.98. The molecular weight excluding hydrogens is 379 g/mol. The van der Waals surface area contributed by atoms with Crippen molar-refractivity contribution in [2.75, 3.05) is 28.3 Å². The summed E-state index contributed by atoms with van der Waals surface area (Å²) in [4.78, 5) is 30.8. The summed E-state index contributed by atoms with van der Waals surface area (Å²) in [7, 11) is 0. The van der Waals surface area contributed by atoms with Gasteiger partial charge in [-0.25, -0.2) is 9.49 Å². The molecule has 29 heavy (non-hydrogen) atoms. The topological polar surface area (TPSA) is 133 Å².